The first-order chi connectivity index (χ1) is 9.75. The summed E-state index contributed by atoms with van der Waals surface area (Å²) in [5.41, 5.74) is 0.288. The fourth-order valence-corrected chi connectivity index (χ4v) is 4.11. The van der Waals surface area contributed by atoms with Crippen molar-refractivity contribution in [1.82, 2.24) is 9.62 Å². The Morgan fingerprint density at radius 3 is 2.43 bits per heavy atom. The van der Waals surface area contributed by atoms with E-state index in [1.54, 1.807) is 18.2 Å². The van der Waals surface area contributed by atoms with Crippen molar-refractivity contribution < 1.29 is 8.42 Å². The highest BCUT2D eigenvalue weighted by molar-refractivity contribution is 7.89. The van der Waals surface area contributed by atoms with E-state index in [0.29, 0.717) is 18.0 Å². The maximum Gasteiger partial charge on any atom is 0.244 e. The monoisotopic (exact) mass is 310 g/mol. The van der Waals surface area contributed by atoms with E-state index in [1.807, 2.05) is 39.8 Å². The first-order valence-corrected chi connectivity index (χ1v) is 8.61. The van der Waals surface area contributed by atoms with Crippen LogP contribution in [-0.2, 0) is 16.6 Å². The summed E-state index contributed by atoms with van der Waals surface area (Å²) >= 11 is 0. The summed E-state index contributed by atoms with van der Waals surface area (Å²) < 4.78 is 27.5. The zero-order chi connectivity index (χ0) is 16.1. The van der Waals surface area contributed by atoms with Crippen LogP contribution in [-0.4, -0.2) is 31.4 Å². The van der Waals surface area contributed by atoms with E-state index >= 15 is 0 Å². The Morgan fingerprint density at radius 1 is 1.29 bits per heavy atom. The molecular formula is C16H26N2O2S. The molecular weight excluding hydrogens is 284 g/mol. The molecule has 1 aromatic carbocycles. The molecule has 0 heterocycles. The number of sulfonamides is 1. The van der Waals surface area contributed by atoms with Crippen LogP contribution < -0.4 is 5.32 Å². The van der Waals surface area contributed by atoms with Gasteiger partial charge in [0.15, 0.2) is 0 Å². The van der Waals surface area contributed by atoms with Crippen molar-refractivity contribution in [3.05, 3.63) is 42.5 Å². The van der Waals surface area contributed by atoms with Gasteiger partial charge in [-0.25, -0.2) is 8.42 Å². The largest absolute Gasteiger partial charge is 0.313 e. The van der Waals surface area contributed by atoms with E-state index in [0.717, 1.165) is 12.1 Å². The molecule has 1 aromatic rings. The van der Waals surface area contributed by atoms with Crippen LogP contribution in [0.5, 0.6) is 0 Å². The van der Waals surface area contributed by atoms with Gasteiger partial charge in [-0.3, -0.25) is 0 Å². The maximum absolute atomic E-state index is 13.0. The average molecular weight is 310 g/mol. The van der Waals surface area contributed by atoms with Gasteiger partial charge >= 0.3 is 0 Å². The molecule has 0 aliphatic rings. The Bertz CT molecular complexity index is 574. The van der Waals surface area contributed by atoms with Crippen molar-refractivity contribution in [1.29, 1.82) is 0 Å². The summed E-state index contributed by atoms with van der Waals surface area (Å²) in [5.74, 6) is 0. The smallest absolute Gasteiger partial charge is 0.244 e. The Hall–Kier alpha value is -1.17. The number of hydrogen-bond acceptors (Lipinski definition) is 3. The van der Waals surface area contributed by atoms with Crippen molar-refractivity contribution in [2.24, 2.45) is 0 Å². The van der Waals surface area contributed by atoms with E-state index in [4.69, 9.17) is 0 Å². The first-order valence-electron chi connectivity index (χ1n) is 7.17. The minimum Gasteiger partial charge on any atom is -0.313 e. The molecule has 5 heteroatoms. The number of rotatable bonds is 7. The minimum atomic E-state index is -3.56. The lowest BCUT2D eigenvalue weighted by Gasteiger charge is -2.34. The molecule has 0 amide bonds. The van der Waals surface area contributed by atoms with E-state index in [1.165, 1.54) is 4.31 Å². The molecule has 0 aliphatic carbocycles. The highest BCUT2D eigenvalue weighted by Gasteiger charge is 2.34. The second-order valence-corrected chi connectivity index (χ2v) is 7.71. The SMILES string of the molecule is C=CCN(C(C)(C)C)S(=O)(=O)c1ccccc1CNCC. The number of nitrogens with one attached hydrogen (secondary N) is 1. The zero-order valence-corrected chi connectivity index (χ0v) is 14.2. The van der Waals surface area contributed by atoms with Gasteiger partial charge in [0.2, 0.25) is 10.0 Å². The summed E-state index contributed by atoms with van der Waals surface area (Å²) in [5, 5.41) is 3.18. The quantitative estimate of drug-likeness (QED) is 0.788. The number of benzene rings is 1. The Balaban J connectivity index is 3.31. The van der Waals surface area contributed by atoms with Crippen LogP contribution in [0.4, 0.5) is 0 Å². The van der Waals surface area contributed by atoms with Crippen molar-refractivity contribution in [2.75, 3.05) is 13.1 Å². The van der Waals surface area contributed by atoms with Gasteiger partial charge in [0.25, 0.3) is 0 Å². The van der Waals surface area contributed by atoms with E-state index in [-0.39, 0.29) is 0 Å². The van der Waals surface area contributed by atoms with Crippen LogP contribution in [0.1, 0.15) is 33.3 Å². The summed E-state index contributed by atoms with van der Waals surface area (Å²) in [4.78, 5) is 0.364. The molecule has 1 N–H and O–H groups in total. The van der Waals surface area contributed by atoms with Crippen LogP contribution >= 0.6 is 0 Å². The fourth-order valence-electron chi connectivity index (χ4n) is 2.13. The van der Waals surface area contributed by atoms with Gasteiger partial charge in [0.1, 0.15) is 0 Å². The van der Waals surface area contributed by atoms with Gasteiger partial charge in [0.05, 0.1) is 4.90 Å². The molecule has 0 radical (unpaired) electrons. The number of nitrogens with zero attached hydrogens (tertiary/aromatic N) is 1. The summed E-state index contributed by atoms with van der Waals surface area (Å²) in [6.07, 6.45) is 1.62. The van der Waals surface area contributed by atoms with Crippen LogP contribution in [0.15, 0.2) is 41.8 Å². The molecule has 0 atom stereocenters. The molecule has 0 saturated heterocycles. The lowest BCUT2D eigenvalue weighted by atomic mass is 10.1. The minimum absolute atomic E-state index is 0.293. The van der Waals surface area contributed by atoms with Crippen LogP contribution in [0.25, 0.3) is 0 Å². The van der Waals surface area contributed by atoms with Gasteiger partial charge in [0, 0.05) is 18.6 Å². The Morgan fingerprint density at radius 2 is 1.90 bits per heavy atom. The third-order valence-corrected chi connectivity index (χ3v) is 5.38. The Kier molecular flexibility index (Phi) is 6.13. The molecule has 4 nitrogen and oxygen atoms in total. The van der Waals surface area contributed by atoms with Crippen LogP contribution in [0, 0.1) is 0 Å². The highest BCUT2D eigenvalue weighted by atomic mass is 32.2. The van der Waals surface area contributed by atoms with Crippen molar-refractivity contribution in [2.45, 2.75) is 44.7 Å². The summed E-state index contributed by atoms with van der Waals surface area (Å²) in [7, 11) is -3.56. The topological polar surface area (TPSA) is 49.4 Å². The lowest BCUT2D eigenvalue weighted by molar-refractivity contribution is 0.269. The Labute approximate surface area is 128 Å². The third kappa shape index (κ3) is 4.40. The van der Waals surface area contributed by atoms with Gasteiger partial charge < -0.3 is 5.32 Å². The van der Waals surface area contributed by atoms with Gasteiger partial charge in [-0.2, -0.15) is 4.31 Å². The van der Waals surface area contributed by atoms with E-state index in [9.17, 15) is 8.42 Å². The van der Waals surface area contributed by atoms with Crippen LogP contribution in [0.2, 0.25) is 0 Å². The molecule has 0 aliphatic heterocycles. The second-order valence-electron chi connectivity index (χ2n) is 5.88. The van der Waals surface area contributed by atoms with Gasteiger partial charge in [-0.05, 0) is 38.9 Å². The van der Waals surface area contributed by atoms with E-state index < -0.39 is 15.6 Å². The van der Waals surface area contributed by atoms with Crippen molar-refractivity contribution >= 4 is 10.0 Å². The molecule has 0 fully saturated rings. The standard InChI is InChI=1S/C16H26N2O2S/c1-6-12-18(16(3,4)5)21(19,20)15-11-9-8-10-14(15)13-17-7-2/h6,8-11,17H,1,7,12-13H2,2-5H3. The average Bonchev–Trinajstić information content (AvgIpc) is 2.41. The lowest BCUT2D eigenvalue weighted by Crippen LogP contribution is -2.45. The predicted molar refractivity (Wildman–Crippen MR) is 87.7 cm³/mol. The fraction of sp³-hybridized carbons (Fsp3) is 0.500. The van der Waals surface area contributed by atoms with Gasteiger partial charge in [-0.1, -0.05) is 31.2 Å². The van der Waals surface area contributed by atoms with Crippen molar-refractivity contribution in [3.8, 4) is 0 Å². The molecule has 0 saturated carbocycles. The zero-order valence-electron chi connectivity index (χ0n) is 13.4. The molecule has 0 aromatic heterocycles. The summed E-state index contributed by atoms with van der Waals surface area (Å²) in [6, 6.07) is 7.14. The molecule has 0 spiro atoms. The molecule has 118 valence electrons. The molecule has 1 rings (SSSR count). The van der Waals surface area contributed by atoms with Crippen molar-refractivity contribution in [3.63, 3.8) is 0 Å². The normalized spacial score (nSPS) is 12.6. The second kappa shape index (κ2) is 7.20. The first kappa shape index (κ1) is 17.9. The number of hydrogen-bond donors (Lipinski definition) is 1. The molecule has 21 heavy (non-hydrogen) atoms. The predicted octanol–water partition coefficient (Wildman–Crippen LogP) is 2.77. The summed E-state index contributed by atoms with van der Waals surface area (Å²) in [6.45, 7) is 13.0. The van der Waals surface area contributed by atoms with Gasteiger partial charge in [-0.15, -0.1) is 6.58 Å². The maximum atomic E-state index is 13.0. The van der Waals surface area contributed by atoms with Crippen LogP contribution in [0.3, 0.4) is 0 Å². The molecule has 0 unspecified atom stereocenters. The molecule has 0 bridgehead atoms. The van der Waals surface area contributed by atoms with E-state index in [2.05, 4.69) is 11.9 Å². The highest BCUT2D eigenvalue weighted by Crippen LogP contribution is 2.26. The third-order valence-electron chi connectivity index (χ3n) is 3.15.